The van der Waals surface area contributed by atoms with Gasteiger partial charge in [0.1, 0.15) is 12.1 Å². The summed E-state index contributed by atoms with van der Waals surface area (Å²) < 4.78 is 0. The molecule has 1 aromatic carbocycles. The van der Waals surface area contributed by atoms with E-state index in [4.69, 9.17) is 23.2 Å². The molecule has 1 amide bonds. The summed E-state index contributed by atoms with van der Waals surface area (Å²) in [7, 11) is 0. The van der Waals surface area contributed by atoms with E-state index in [1.54, 1.807) is 29.3 Å². The minimum absolute atomic E-state index is 0.00433. The maximum atomic E-state index is 12.5. The zero-order valence-corrected chi connectivity index (χ0v) is 14.4. The minimum atomic E-state index is -0.282. The molecule has 1 saturated heterocycles. The standard InChI is InChI=1S/C18H16Cl2N2O2/c19-14-6-4-12(11-15(14)20)13-5-7-18(24)22(16(13)8-10-23)17-3-1-2-9-21-17/h1-4,6,9-11,13,16H,5,7-8H2/t13-,16?/m1/s1. The van der Waals surface area contributed by atoms with Crippen LogP contribution in [0.5, 0.6) is 0 Å². The number of hydrogen-bond acceptors (Lipinski definition) is 3. The van der Waals surface area contributed by atoms with E-state index in [1.807, 2.05) is 18.2 Å². The molecule has 1 fully saturated rings. The van der Waals surface area contributed by atoms with Crippen LogP contribution in [0.15, 0.2) is 42.6 Å². The third-order valence-electron chi connectivity index (χ3n) is 4.34. The predicted molar refractivity (Wildman–Crippen MR) is 94.6 cm³/mol. The molecule has 2 heterocycles. The Morgan fingerprint density at radius 3 is 2.71 bits per heavy atom. The first-order chi connectivity index (χ1) is 11.6. The topological polar surface area (TPSA) is 50.3 Å². The highest BCUT2D eigenvalue weighted by molar-refractivity contribution is 6.42. The van der Waals surface area contributed by atoms with Crippen LogP contribution in [0.1, 0.15) is 30.7 Å². The number of aldehydes is 1. The van der Waals surface area contributed by atoms with E-state index in [1.165, 1.54) is 0 Å². The van der Waals surface area contributed by atoms with Crippen LogP contribution < -0.4 is 4.90 Å². The van der Waals surface area contributed by atoms with Crippen LogP contribution in [0.2, 0.25) is 10.0 Å². The zero-order valence-electron chi connectivity index (χ0n) is 12.9. The van der Waals surface area contributed by atoms with Crippen molar-refractivity contribution in [3.63, 3.8) is 0 Å². The number of carbonyl (C=O) groups is 2. The Bertz CT molecular complexity index is 752. The number of amides is 1. The van der Waals surface area contributed by atoms with E-state index in [0.29, 0.717) is 28.7 Å². The molecular formula is C18H16Cl2N2O2. The molecule has 2 atom stereocenters. The first kappa shape index (κ1) is 16.9. The third-order valence-corrected chi connectivity index (χ3v) is 5.08. The lowest BCUT2D eigenvalue weighted by Gasteiger charge is -2.40. The van der Waals surface area contributed by atoms with Crippen LogP contribution in [0.3, 0.4) is 0 Å². The summed E-state index contributed by atoms with van der Waals surface area (Å²) in [4.78, 5) is 29.7. The monoisotopic (exact) mass is 362 g/mol. The van der Waals surface area contributed by atoms with Crippen LogP contribution in [0.4, 0.5) is 5.82 Å². The number of nitrogens with zero attached hydrogens (tertiary/aromatic N) is 2. The molecule has 1 unspecified atom stereocenters. The highest BCUT2D eigenvalue weighted by Crippen LogP contribution is 2.38. The number of piperidine rings is 1. The SMILES string of the molecule is O=CCC1[C@@H](c2ccc(Cl)c(Cl)c2)CCC(=O)N1c1ccccn1. The Labute approximate surface area is 150 Å². The van der Waals surface area contributed by atoms with Gasteiger partial charge in [-0.05, 0) is 36.2 Å². The van der Waals surface area contributed by atoms with E-state index in [9.17, 15) is 9.59 Å². The number of halogens is 2. The second kappa shape index (κ2) is 7.32. The van der Waals surface area contributed by atoms with Crippen LogP contribution in [0.25, 0.3) is 0 Å². The molecule has 2 aromatic rings. The second-order valence-electron chi connectivity index (χ2n) is 5.74. The Kier molecular flexibility index (Phi) is 5.17. The average Bonchev–Trinajstić information content (AvgIpc) is 2.59. The molecule has 4 nitrogen and oxygen atoms in total. The van der Waals surface area contributed by atoms with Gasteiger partial charge >= 0.3 is 0 Å². The van der Waals surface area contributed by atoms with Crippen molar-refractivity contribution in [1.82, 2.24) is 4.98 Å². The van der Waals surface area contributed by atoms with Gasteiger partial charge in [-0.1, -0.05) is 35.3 Å². The van der Waals surface area contributed by atoms with Gasteiger partial charge in [0.15, 0.2) is 0 Å². The quantitative estimate of drug-likeness (QED) is 0.763. The molecule has 0 aliphatic carbocycles. The number of carbonyl (C=O) groups excluding carboxylic acids is 2. The van der Waals surface area contributed by atoms with Crippen molar-refractivity contribution in [2.75, 3.05) is 4.90 Å². The molecule has 124 valence electrons. The summed E-state index contributed by atoms with van der Waals surface area (Å²) in [5.41, 5.74) is 0.977. The number of benzene rings is 1. The third kappa shape index (κ3) is 3.30. The fourth-order valence-corrected chi connectivity index (χ4v) is 3.56. The van der Waals surface area contributed by atoms with Gasteiger partial charge in [-0.2, -0.15) is 0 Å². The van der Waals surface area contributed by atoms with Crippen LogP contribution in [0, 0.1) is 0 Å². The van der Waals surface area contributed by atoms with Crippen LogP contribution in [-0.4, -0.2) is 23.2 Å². The first-order valence-corrected chi connectivity index (χ1v) is 8.49. The molecule has 0 spiro atoms. The Morgan fingerprint density at radius 2 is 2.04 bits per heavy atom. The first-order valence-electron chi connectivity index (χ1n) is 7.73. The van der Waals surface area contributed by atoms with Crippen molar-refractivity contribution in [2.24, 2.45) is 0 Å². The predicted octanol–water partition coefficient (Wildman–Crippen LogP) is 4.26. The molecule has 1 aliphatic heterocycles. The number of hydrogen-bond donors (Lipinski definition) is 0. The van der Waals surface area contributed by atoms with E-state index >= 15 is 0 Å². The Balaban J connectivity index is 2.01. The van der Waals surface area contributed by atoms with Crippen molar-refractivity contribution in [3.8, 4) is 0 Å². The molecule has 24 heavy (non-hydrogen) atoms. The molecule has 1 aliphatic rings. The normalized spacial score (nSPS) is 20.9. The Morgan fingerprint density at radius 1 is 1.21 bits per heavy atom. The summed E-state index contributed by atoms with van der Waals surface area (Å²) >= 11 is 12.1. The molecule has 0 N–H and O–H groups in total. The maximum Gasteiger partial charge on any atom is 0.228 e. The average molecular weight is 363 g/mol. The van der Waals surface area contributed by atoms with Crippen molar-refractivity contribution in [3.05, 3.63) is 58.2 Å². The number of aromatic nitrogens is 1. The van der Waals surface area contributed by atoms with Crippen molar-refractivity contribution in [2.45, 2.75) is 31.2 Å². The number of rotatable bonds is 4. The highest BCUT2D eigenvalue weighted by Gasteiger charge is 2.37. The fourth-order valence-electron chi connectivity index (χ4n) is 3.25. The summed E-state index contributed by atoms with van der Waals surface area (Å²) in [6.07, 6.45) is 3.80. The molecule has 0 radical (unpaired) electrons. The van der Waals surface area contributed by atoms with E-state index in [2.05, 4.69) is 4.98 Å². The largest absolute Gasteiger partial charge is 0.303 e. The van der Waals surface area contributed by atoms with Gasteiger partial charge in [0.05, 0.1) is 16.1 Å². The highest BCUT2D eigenvalue weighted by atomic mass is 35.5. The summed E-state index contributed by atoms with van der Waals surface area (Å²) in [6, 6.07) is 10.6. The maximum absolute atomic E-state index is 12.5. The van der Waals surface area contributed by atoms with E-state index in [0.717, 1.165) is 11.8 Å². The molecule has 0 saturated carbocycles. The van der Waals surface area contributed by atoms with Gasteiger partial charge in [-0.3, -0.25) is 9.69 Å². The second-order valence-corrected chi connectivity index (χ2v) is 6.55. The molecule has 0 bridgehead atoms. The van der Waals surface area contributed by atoms with Crippen molar-refractivity contribution < 1.29 is 9.59 Å². The van der Waals surface area contributed by atoms with Gasteiger partial charge < -0.3 is 4.79 Å². The lowest BCUT2D eigenvalue weighted by Crippen LogP contribution is -2.48. The van der Waals surface area contributed by atoms with Crippen LogP contribution >= 0.6 is 23.2 Å². The molecular weight excluding hydrogens is 347 g/mol. The van der Waals surface area contributed by atoms with Crippen molar-refractivity contribution >= 4 is 41.2 Å². The summed E-state index contributed by atoms with van der Waals surface area (Å²) in [6.45, 7) is 0. The Hall–Kier alpha value is -1.91. The zero-order chi connectivity index (χ0) is 17.1. The lowest BCUT2D eigenvalue weighted by molar-refractivity contribution is -0.120. The minimum Gasteiger partial charge on any atom is -0.303 e. The van der Waals surface area contributed by atoms with Gasteiger partial charge in [-0.15, -0.1) is 0 Å². The number of pyridine rings is 1. The fraction of sp³-hybridized carbons (Fsp3) is 0.278. The molecule has 6 heteroatoms. The van der Waals surface area contributed by atoms with Gasteiger partial charge in [-0.25, -0.2) is 4.98 Å². The van der Waals surface area contributed by atoms with Crippen molar-refractivity contribution in [1.29, 1.82) is 0 Å². The molecule has 3 rings (SSSR count). The lowest BCUT2D eigenvalue weighted by atomic mass is 9.82. The summed E-state index contributed by atoms with van der Waals surface area (Å²) in [5.74, 6) is 0.556. The summed E-state index contributed by atoms with van der Waals surface area (Å²) in [5, 5.41) is 0.959. The van der Waals surface area contributed by atoms with Gasteiger partial charge in [0, 0.05) is 25.0 Å². The smallest absolute Gasteiger partial charge is 0.228 e. The van der Waals surface area contributed by atoms with E-state index in [-0.39, 0.29) is 24.3 Å². The molecule has 1 aromatic heterocycles. The van der Waals surface area contributed by atoms with Gasteiger partial charge in [0.2, 0.25) is 5.91 Å². The van der Waals surface area contributed by atoms with Crippen LogP contribution in [-0.2, 0) is 9.59 Å². The van der Waals surface area contributed by atoms with Gasteiger partial charge in [0.25, 0.3) is 0 Å². The number of anilines is 1. The van der Waals surface area contributed by atoms with E-state index < -0.39 is 0 Å².